The Kier molecular flexibility index (Phi) is 7.22. The molecule has 10 nitrogen and oxygen atoms in total. The highest BCUT2D eigenvalue weighted by Gasteiger charge is 2.39. The first kappa shape index (κ1) is 26.2. The van der Waals surface area contributed by atoms with Gasteiger partial charge in [-0.25, -0.2) is 9.97 Å². The quantitative estimate of drug-likeness (QED) is 0.295. The molecule has 3 N–H and O–H groups in total. The molecule has 4 heterocycles. The van der Waals surface area contributed by atoms with E-state index < -0.39 is 24.3 Å². The molecule has 39 heavy (non-hydrogen) atoms. The predicted octanol–water partition coefficient (Wildman–Crippen LogP) is 3.54. The van der Waals surface area contributed by atoms with Crippen molar-refractivity contribution >= 4 is 40.1 Å². The van der Waals surface area contributed by atoms with Crippen LogP contribution in [-0.2, 0) is 17.4 Å². The van der Waals surface area contributed by atoms with E-state index in [9.17, 15) is 9.90 Å². The van der Waals surface area contributed by atoms with Gasteiger partial charge in [-0.2, -0.15) is 13.8 Å². The summed E-state index contributed by atoms with van der Waals surface area (Å²) in [7, 11) is 2.08. The number of halogens is 2. The lowest BCUT2D eigenvalue weighted by molar-refractivity contribution is -0.111. The predicted molar refractivity (Wildman–Crippen MR) is 145 cm³/mol. The minimum atomic E-state index is -3.56. The van der Waals surface area contributed by atoms with Crippen molar-refractivity contribution in [3.8, 4) is 0 Å². The Bertz CT molecular complexity index is 1500. The summed E-state index contributed by atoms with van der Waals surface area (Å²) in [6.45, 7) is 6.55. The van der Waals surface area contributed by atoms with E-state index in [4.69, 9.17) is 0 Å². The van der Waals surface area contributed by atoms with Crippen LogP contribution in [0.25, 0.3) is 11.0 Å². The largest absolute Gasteiger partial charge is 0.376 e. The summed E-state index contributed by atoms with van der Waals surface area (Å²) >= 11 is 0. The minimum absolute atomic E-state index is 0.0733. The summed E-state index contributed by atoms with van der Waals surface area (Å²) in [5, 5.41) is 15.3. The van der Waals surface area contributed by atoms with Crippen molar-refractivity contribution in [2.75, 3.05) is 48.8 Å². The van der Waals surface area contributed by atoms with Gasteiger partial charge in [0, 0.05) is 49.0 Å². The fourth-order valence-electron chi connectivity index (χ4n) is 4.41. The molecule has 0 atom stereocenters. The Morgan fingerprint density at radius 1 is 1.13 bits per heavy atom. The number of benzene rings is 1. The summed E-state index contributed by atoms with van der Waals surface area (Å²) in [6, 6.07) is 10.5. The normalized spacial score (nSPS) is 14.4. The molecule has 1 aromatic carbocycles. The zero-order chi connectivity index (χ0) is 27.6. The first-order valence-electron chi connectivity index (χ1n) is 12.3. The first-order chi connectivity index (χ1) is 18.8. The van der Waals surface area contributed by atoms with Crippen molar-refractivity contribution in [1.29, 1.82) is 0 Å². The highest BCUT2D eigenvalue weighted by Crippen LogP contribution is 2.39. The van der Waals surface area contributed by atoms with Crippen LogP contribution in [0, 0.1) is 0 Å². The molecule has 0 bridgehead atoms. The van der Waals surface area contributed by atoms with Crippen LogP contribution >= 0.6 is 0 Å². The van der Waals surface area contributed by atoms with Crippen LogP contribution in [0.3, 0.4) is 0 Å². The molecular formula is C27H28F2N8O2. The van der Waals surface area contributed by atoms with Gasteiger partial charge in [0.15, 0.2) is 0 Å². The van der Waals surface area contributed by atoms with Crippen molar-refractivity contribution in [2.45, 2.75) is 12.7 Å². The SMILES string of the molecule is C=CC(=O)Nc1cccc(C(F)(F)c2nc(Nc3ccc(N4CCN(C)CC4)nc3)nc3c2ccn3CO)c1. The summed E-state index contributed by atoms with van der Waals surface area (Å²) in [5.41, 5.74) is -0.0534. The standard InChI is InChI=1S/C27H28F2N8O2/c1-3-23(39)31-19-6-4-5-18(15-19)27(28,29)24-21-9-10-37(17-38)25(21)34-26(33-24)32-20-7-8-22(30-16-20)36-13-11-35(2)12-14-36/h3-10,15-16,38H,1,11-14,17H2,2H3,(H,31,39)(H,32,33,34). The molecule has 1 saturated heterocycles. The number of carbonyl (C=O) groups is 1. The average Bonchev–Trinajstić information content (AvgIpc) is 3.36. The third-order valence-electron chi connectivity index (χ3n) is 6.58. The number of aliphatic hydroxyl groups excluding tert-OH is 1. The van der Waals surface area contributed by atoms with Gasteiger partial charge >= 0.3 is 5.92 Å². The van der Waals surface area contributed by atoms with Gasteiger partial charge < -0.3 is 30.1 Å². The highest BCUT2D eigenvalue weighted by molar-refractivity contribution is 5.98. The lowest BCUT2D eigenvalue weighted by Gasteiger charge is -2.33. The van der Waals surface area contributed by atoms with E-state index >= 15 is 8.78 Å². The maximum absolute atomic E-state index is 16.0. The second-order valence-corrected chi connectivity index (χ2v) is 9.23. The number of likely N-dealkylation sites (N-methyl/N-ethyl adjacent to an activating group) is 1. The lowest BCUT2D eigenvalue weighted by atomic mass is 10.0. The molecule has 1 fully saturated rings. The number of hydrogen-bond acceptors (Lipinski definition) is 8. The molecule has 3 aromatic heterocycles. The maximum atomic E-state index is 16.0. The molecule has 1 amide bonds. The second-order valence-electron chi connectivity index (χ2n) is 9.23. The second kappa shape index (κ2) is 10.8. The summed E-state index contributed by atoms with van der Waals surface area (Å²) in [5.74, 6) is -3.32. The Morgan fingerprint density at radius 3 is 2.62 bits per heavy atom. The molecule has 12 heteroatoms. The molecule has 0 unspecified atom stereocenters. The maximum Gasteiger partial charge on any atom is 0.315 e. The number of amides is 1. The number of alkyl halides is 2. The zero-order valence-corrected chi connectivity index (χ0v) is 21.3. The van der Waals surface area contributed by atoms with Crippen LogP contribution < -0.4 is 15.5 Å². The number of anilines is 4. The molecule has 5 rings (SSSR count). The zero-order valence-electron chi connectivity index (χ0n) is 21.3. The van der Waals surface area contributed by atoms with Crippen LogP contribution in [0.4, 0.5) is 31.9 Å². The molecular weight excluding hydrogens is 506 g/mol. The van der Waals surface area contributed by atoms with Gasteiger partial charge in [-0.1, -0.05) is 18.7 Å². The molecule has 0 aliphatic carbocycles. The van der Waals surface area contributed by atoms with Crippen LogP contribution in [0.5, 0.6) is 0 Å². The molecule has 1 aliphatic heterocycles. The Labute approximate surface area is 223 Å². The average molecular weight is 535 g/mol. The number of fused-ring (bicyclic) bond motifs is 1. The summed E-state index contributed by atoms with van der Waals surface area (Å²) in [4.78, 5) is 29.2. The summed E-state index contributed by atoms with van der Waals surface area (Å²) in [6.07, 6.45) is 4.13. The van der Waals surface area contributed by atoms with Gasteiger partial charge in [-0.05, 0) is 43.5 Å². The minimum Gasteiger partial charge on any atom is -0.376 e. The smallest absolute Gasteiger partial charge is 0.315 e. The van der Waals surface area contributed by atoms with Crippen molar-refractivity contribution in [3.63, 3.8) is 0 Å². The number of aliphatic hydroxyl groups is 1. The van der Waals surface area contributed by atoms with Gasteiger partial charge in [0.25, 0.3) is 0 Å². The van der Waals surface area contributed by atoms with E-state index in [1.54, 1.807) is 12.3 Å². The topological polar surface area (TPSA) is 111 Å². The van der Waals surface area contributed by atoms with Gasteiger partial charge in [-0.15, -0.1) is 0 Å². The van der Waals surface area contributed by atoms with E-state index in [-0.39, 0.29) is 28.2 Å². The van der Waals surface area contributed by atoms with E-state index in [1.807, 2.05) is 6.07 Å². The Balaban J connectivity index is 1.48. The number of nitrogens with one attached hydrogen (secondary N) is 2. The van der Waals surface area contributed by atoms with E-state index in [0.717, 1.165) is 38.1 Å². The summed E-state index contributed by atoms with van der Waals surface area (Å²) < 4.78 is 33.3. The van der Waals surface area contributed by atoms with Gasteiger partial charge in [0.05, 0.1) is 11.9 Å². The van der Waals surface area contributed by atoms with E-state index in [0.29, 0.717) is 5.69 Å². The number of nitrogens with zero attached hydrogens (tertiary/aromatic N) is 6. The third kappa shape index (κ3) is 5.42. The van der Waals surface area contributed by atoms with Crippen molar-refractivity contribution in [1.82, 2.24) is 24.4 Å². The number of carbonyl (C=O) groups excluding carboxylic acids is 1. The Morgan fingerprint density at radius 2 is 1.92 bits per heavy atom. The van der Waals surface area contributed by atoms with Gasteiger partial charge in [-0.3, -0.25) is 4.79 Å². The van der Waals surface area contributed by atoms with E-state index in [2.05, 4.69) is 49.0 Å². The molecule has 202 valence electrons. The number of hydrogen-bond donors (Lipinski definition) is 3. The molecule has 4 aromatic rings. The molecule has 0 radical (unpaired) electrons. The number of aromatic nitrogens is 4. The number of rotatable bonds is 8. The van der Waals surface area contributed by atoms with Gasteiger partial charge in [0.1, 0.15) is 23.9 Å². The van der Waals surface area contributed by atoms with Gasteiger partial charge in [0.2, 0.25) is 11.9 Å². The number of piperazine rings is 1. The Hall–Kier alpha value is -4.42. The van der Waals surface area contributed by atoms with Crippen LogP contribution in [-0.4, -0.2) is 68.7 Å². The van der Waals surface area contributed by atoms with Crippen LogP contribution in [0.2, 0.25) is 0 Å². The fourth-order valence-corrected chi connectivity index (χ4v) is 4.41. The monoisotopic (exact) mass is 534 g/mol. The lowest BCUT2D eigenvalue weighted by Crippen LogP contribution is -2.44. The van der Waals surface area contributed by atoms with E-state index in [1.165, 1.54) is 41.1 Å². The van der Waals surface area contributed by atoms with Crippen molar-refractivity contribution in [2.24, 2.45) is 0 Å². The van der Waals surface area contributed by atoms with Crippen LogP contribution in [0.15, 0.2) is 67.5 Å². The molecule has 1 aliphatic rings. The van der Waals surface area contributed by atoms with Crippen molar-refractivity contribution in [3.05, 3.63) is 78.8 Å². The van der Waals surface area contributed by atoms with Crippen LogP contribution in [0.1, 0.15) is 11.3 Å². The molecule has 0 spiro atoms. The van der Waals surface area contributed by atoms with Crippen molar-refractivity contribution < 1.29 is 18.7 Å². The molecule has 0 saturated carbocycles. The number of pyridine rings is 1. The third-order valence-corrected chi connectivity index (χ3v) is 6.58. The first-order valence-corrected chi connectivity index (χ1v) is 12.3. The highest BCUT2D eigenvalue weighted by atomic mass is 19.3. The fraction of sp³-hybridized carbons (Fsp3) is 0.259.